The minimum absolute atomic E-state index is 0.0164. The van der Waals surface area contributed by atoms with Gasteiger partial charge in [0.15, 0.2) is 11.5 Å². The minimum Gasteiger partial charge on any atom is -0.380 e. The Morgan fingerprint density at radius 1 is 1.26 bits per heavy atom. The highest BCUT2D eigenvalue weighted by Crippen LogP contribution is 2.53. The van der Waals surface area contributed by atoms with Crippen molar-refractivity contribution in [3.8, 4) is 6.07 Å². The first-order valence-electron chi connectivity index (χ1n) is 10.6. The summed E-state index contributed by atoms with van der Waals surface area (Å²) in [7, 11) is 0. The molecule has 1 saturated heterocycles. The molecule has 4 rings (SSSR count). The van der Waals surface area contributed by atoms with Gasteiger partial charge < -0.3 is 20.9 Å². The average molecular weight is 525 g/mol. The van der Waals surface area contributed by atoms with Gasteiger partial charge in [0.1, 0.15) is 17.4 Å². The molecule has 0 unspecified atom stereocenters. The number of nitriles is 1. The molecule has 4 N–H and O–H groups in total. The fraction of sp³-hybridized carbons (Fsp3) is 0.429. The van der Waals surface area contributed by atoms with Gasteiger partial charge in [-0.15, -0.1) is 5.10 Å². The fourth-order valence-electron chi connectivity index (χ4n) is 4.27. The zero-order valence-corrected chi connectivity index (χ0v) is 21.2. The number of imidazole rings is 1. The van der Waals surface area contributed by atoms with Gasteiger partial charge in [0, 0.05) is 5.92 Å². The lowest BCUT2D eigenvalue weighted by Crippen LogP contribution is -2.51. The van der Waals surface area contributed by atoms with Gasteiger partial charge in [0.05, 0.1) is 18.9 Å². The van der Waals surface area contributed by atoms with E-state index in [1.807, 2.05) is 51.1 Å². The van der Waals surface area contributed by atoms with Crippen molar-refractivity contribution in [1.29, 1.82) is 5.26 Å². The lowest BCUT2D eigenvalue weighted by atomic mass is 9.75. The van der Waals surface area contributed by atoms with E-state index in [9.17, 15) is 5.26 Å². The molecule has 9 nitrogen and oxygen atoms in total. The Morgan fingerprint density at radius 2 is 1.91 bits per heavy atom. The van der Waals surface area contributed by atoms with Gasteiger partial charge in [-0.3, -0.25) is 0 Å². The summed E-state index contributed by atoms with van der Waals surface area (Å²) in [6.45, 7) is 6.31. The van der Waals surface area contributed by atoms with Crippen molar-refractivity contribution in [3.05, 3.63) is 47.8 Å². The van der Waals surface area contributed by atoms with Crippen LogP contribution in [-0.2, 0) is 21.7 Å². The van der Waals surface area contributed by atoms with Gasteiger partial charge in [0.25, 0.3) is 0 Å². The minimum atomic E-state index is -1.46. The van der Waals surface area contributed by atoms with E-state index in [4.69, 9.17) is 55.3 Å². The zero-order valence-electron chi connectivity index (χ0n) is 19.0. The van der Waals surface area contributed by atoms with Gasteiger partial charge in [-0.05, 0) is 18.9 Å². The fourth-order valence-corrected chi connectivity index (χ4v) is 4.27. The molecule has 4 atom stereocenters. The third-order valence-electron chi connectivity index (χ3n) is 6.16. The molecule has 0 amide bonds. The van der Waals surface area contributed by atoms with Crippen LogP contribution in [0.1, 0.15) is 38.4 Å². The second kappa shape index (κ2) is 10.5. The first-order valence-corrected chi connectivity index (χ1v) is 11.9. The molecule has 3 aromatic rings. The van der Waals surface area contributed by atoms with Crippen LogP contribution in [0.4, 0.5) is 11.8 Å². The van der Waals surface area contributed by atoms with E-state index in [1.54, 1.807) is 0 Å². The van der Waals surface area contributed by atoms with E-state index >= 15 is 0 Å². The van der Waals surface area contributed by atoms with Crippen LogP contribution in [0.5, 0.6) is 0 Å². The van der Waals surface area contributed by atoms with E-state index in [0.717, 1.165) is 12.0 Å². The highest BCUT2D eigenvalue weighted by atomic mass is 35.6. The number of aromatic nitrogens is 4. The van der Waals surface area contributed by atoms with Crippen LogP contribution >= 0.6 is 34.4 Å². The van der Waals surface area contributed by atoms with Crippen LogP contribution in [0.25, 0.3) is 5.65 Å². The van der Waals surface area contributed by atoms with Crippen LogP contribution in [-0.4, -0.2) is 36.2 Å². The lowest BCUT2D eigenvalue weighted by molar-refractivity contribution is -0.144. The summed E-state index contributed by atoms with van der Waals surface area (Å²) in [6.07, 6.45) is 2.08. The molecule has 0 aliphatic carbocycles. The van der Waals surface area contributed by atoms with Crippen LogP contribution in [0.15, 0.2) is 36.5 Å². The average Bonchev–Trinajstić information content (AvgIpc) is 3.31. The molecule has 13 heteroatoms. The van der Waals surface area contributed by atoms with Crippen molar-refractivity contribution in [2.75, 3.05) is 11.5 Å². The molecule has 0 radical (unpaired) electrons. The number of nitrogen functional groups attached to an aromatic ring is 2. The molecular formula is C21H25BCl3N7O2. The largest absolute Gasteiger partial charge is 0.450 e. The van der Waals surface area contributed by atoms with E-state index in [1.165, 1.54) is 10.7 Å². The monoisotopic (exact) mass is 523 g/mol. The Kier molecular flexibility index (Phi) is 8.16. The van der Waals surface area contributed by atoms with Gasteiger partial charge in [-0.25, -0.2) is 9.50 Å². The number of hydrogen-bond acceptors (Lipinski definition) is 8. The molecule has 1 aliphatic heterocycles. The van der Waals surface area contributed by atoms with Crippen LogP contribution in [0.2, 0.25) is 0 Å². The number of hydrogen-bond donors (Lipinski definition) is 2. The summed E-state index contributed by atoms with van der Waals surface area (Å²) < 4.78 is 14.3. The van der Waals surface area contributed by atoms with Crippen molar-refractivity contribution in [2.45, 2.75) is 51.1 Å². The smallest absolute Gasteiger partial charge is 0.380 e. The van der Waals surface area contributed by atoms with Crippen LogP contribution < -0.4 is 11.5 Å². The van der Waals surface area contributed by atoms with Gasteiger partial charge in [0.2, 0.25) is 11.5 Å². The maximum absolute atomic E-state index is 10.4. The summed E-state index contributed by atoms with van der Waals surface area (Å²) in [5.74, 6) is 0.0390. The standard InChI is InChI=1S/C21H25N7O2.BCl3/c1-4-15-13(2)20(3,29-11-14-8-6-5-7-9-14)21(12-22,30-15)16-10-25-18-17(23)26-19(24)27-28(16)18;2-1(3)4/h5-10,13,15H,4,11H2,1-3H3,(H4,23,24,26,27);/t13-,15-,20-,21+;/m1./s1. The molecular weight excluding hydrogens is 499 g/mol. The normalized spacial score (nSPS) is 26.0. The number of nitrogens with zero attached hydrogens (tertiary/aromatic N) is 5. The van der Waals surface area contributed by atoms with Crippen molar-refractivity contribution in [3.63, 3.8) is 0 Å². The Morgan fingerprint density at radius 3 is 2.50 bits per heavy atom. The molecule has 1 aliphatic rings. The Hall–Kier alpha value is -2.29. The number of fused-ring (bicyclic) bond motifs is 1. The van der Waals surface area contributed by atoms with E-state index in [0.29, 0.717) is 17.9 Å². The molecule has 0 spiro atoms. The summed E-state index contributed by atoms with van der Waals surface area (Å²) >= 11 is 14.4. The molecule has 180 valence electrons. The molecule has 0 bridgehead atoms. The summed E-state index contributed by atoms with van der Waals surface area (Å²) in [6, 6.07) is 12.2. The Balaban J connectivity index is 0.000000751. The lowest BCUT2D eigenvalue weighted by Gasteiger charge is -2.38. The number of ether oxygens (including phenoxy) is 2. The van der Waals surface area contributed by atoms with Crippen molar-refractivity contribution in [1.82, 2.24) is 19.6 Å². The number of benzene rings is 1. The van der Waals surface area contributed by atoms with E-state index in [2.05, 4.69) is 21.1 Å². The zero-order chi connectivity index (χ0) is 25.1. The summed E-state index contributed by atoms with van der Waals surface area (Å²) in [5.41, 5.74) is 11.1. The van der Waals surface area contributed by atoms with E-state index in [-0.39, 0.29) is 23.8 Å². The molecule has 0 saturated carbocycles. The van der Waals surface area contributed by atoms with Gasteiger partial charge in [-0.2, -0.15) is 44.6 Å². The first-order chi connectivity index (χ1) is 16.1. The molecule has 2 aromatic heterocycles. The Labute approximate surface area is 213 Å². The quantitative estimate of drug-likeness (QED) is 0.476. The summed E-state index contributed by atoms with van der Waals surface area (Å²) in [4.78, 5) is 7.53. The Bertz CT molecular complexity index is 1170. The SMILES string of the molecule is CC[C@H]1O[C@@](C#N)(c2cnc3c(N)nc(N)nn23)[C@](C)(OCc2ccccc2)[C@@H]1C.ClB(Cl)Cl. The second-order valence-electron chi connectivity index (χ2n) is 8.01. The van der Waals surface area contributed by atoms with Crippen LogP contribution in [0, 0.1) is 17.2 Å². The van der Waals surface area contributed by atoms with Crippen molar-refractivity contribution in [2.24, 2.45) is 5.92 Å². The third kappa shape index (κ3) is 4.76. The number of rotatable bonds is 5. The highest BCUT2D eigenvalue weighted by molar-refractivity contribution is 7.54. The maximum Gasteiger partial charge on any atom is 0.450 e. The first kappa shape index (κ1) is 26.3. The summed E-state index contributed by atoms with van der Waals surface area (Å²) in [5, 5.41) is 14.7. The number of nitrogens with two attached hydrogens (primary N) is 2. The molecule has 3 heterocycles. The molecule has 34 heavy (non-hydrogen) atoms. The predicted molar refractivity (Wildman–Crippen MR) is 134 cm³/mol. The van der Waals surface area contributed by atoms with E-state index < -0.39 is 16.2 Å². The number of halogens is 3. The van der Waals surface area contributed by atoms with Crippen molar-refractivity contribution >= 4 is 56.8 Å². The van der Waals surface area contributed by atoms with Crippen molar-refractivity contribution < 1.29 is 9.47 Å². The second-order valence-corrected chi connectivity index (χ2v) is 9.99. The molecule has 1 fully saturated rings. The van der Waals surface area contributed by atoms with Crippen LogP contribution in [0.3, 0.4) is 0 Å². The topological polar surface area (TPSA) is 137 Å². The van der Waals surface area contributed by atoms with Gasteiger partial charge >= 0.3 is 4.96 Å². The number of anilines is 2. The predicted octanol–water partition coefficient (Wildman–Crippen LogP) is 4.12. The molecule has 1 aromatic carbocycles. The third-order valence-corrected chi connectivity index (χ3v) is 6.16. The van der Waals surface area contributed by atoms with Gasteiger partial charge in [-0.1, -0.05) is 44.2 Å². The maximum atomic E-state index is 10.4. The highest BCUT2D eigenvalue weighted by Gasteiger charge is 2.65.